The maximum Gasteiger partial charge on any atom is 0.379 e. The molecule has 6 nitrogen and oxygen atoms in total. The lowest BCUT2D eigenvalue weighted by Gasteiger charge is -2.25. The minimum Gasteiger partial charge on any atom is -0.461 e. The van der Waals surface area contributed by atoms with Gasteiger partial charge in [0.25, 0.3) is 0 Å². The number of hydrogen-bond acceptors (Lipinski definition) is 7. The Morgan fingerprint density at radius 1 is 0.780 bits per heavy atom. The van der Waals surface area contributed by atoms with Gasteiger partial charge in [-0.3, -0.25) is 4.57 Å². The Morgan fingerprint density at radius 2 is 1.29 bits per heavy atom. The van der Waals surface area contributed by atoms with Gasteiger partial charge in [0.2, 0.25) is 8.46 Å². The SMILES string of the molecule is CCCCCCCCCCCCSC(CCCCCCCC)C(C)OCCCOC(O)(P=O)C(=O)OCC(C)(C)C. The standard InChI is InChI=1S/C33H65O6PS/c1-7-9-11-13-15-16-17-18-20-22-27-41-30(24-21-19-14-12-10-8-2)29(3)37-25-23-26-39-33(35,40-36)31(34)38-28-32(4,5)6/h29-30,35H,7-28H2,1-6H3. The van der Waals surface area contributed by atoms with E-state index in [2.05, 4.69) is 32.5 Å². The molecule has 0 aliphatic heterocycles. The molecule has 0 amide bonds. The minimum absolute atomic E-state index is 0.0525. The van der Waals surface area contributed by atoms with Crippen molar-refractivity contribution in [2.45, 2.75) is 174 Å². The lowest BCUT2D eigenvalue weighted by Crippen LogP contribution is -2.39. The van der Waals surface area contributed by atoms with Crippen LogP contribution in [0.5, 0.6) is 0 Å². The van der Waals surface area contributed by atoms with Crippen molar-refractivity contribution in [2.75, 3.05) is 25.6 Å². The molecule has 0 aromatic heterocycles. The van der Waals surface area contributed by atoms with E-state index in [-0.39, 0.29) is 24.7 Å². The van der Waals surface area contributed by atoms with Gasteiger partial charge in [-0.05, 0) is 37.4 Å². The molecule has 0 aromatic rings. The summed E-state index contributed by atoms with van der Waals surface area (Å²) in [7, 11) is -0.829. The molecule has 0 radical (unpaired) electrons. The highest BCUT2D eigenvalue weighted by Crippen LogP contribution is 2.27. The molecule has 0 spiro atoms. The number of aliphatic hydroxyl groups is 1. The first kappa shape index (κ1) is 40.8. The van der Waals surface area contributed by atoms with E-state index >= 15 is 0 Å². The lowest BCUT2D eigenvalue weighted by molar-refractivity contribution is -0.198. The highest BCUT2D eigenvalue weighted by atomic mass is 32.2. The highest BCUT2D eigenvalue weighted by Gasteiger charge is 2.41. The van der Waals surface area contributed by atoms with Gasteiger partial charge in [0.15, 0.2) is 0 Å². The summed E-state index contributed by atoms with van der Waals surface area (Å²) in [5, 5.41) is 10.8. The van der Waals surface area contributed by atoms with Crippen LogP contribution < -0.4 is 0 Å². The highest BCUT2D eigenvalue weighted by molar-refractivity contribution is 7.99. The average molecular weight is 621 g/mol. The molecular formula is C33H65O6PS. The summed E-state index contributed by atoms with van der Waals surface area (Å²) in [6.07, 6.45) is 23.1. The monoisotopic (exact) mass is 620 g/mol. The third kappa shape index (κ3) is 23.9. The first-order chi connectivity index (χ1) is 19.6. The fourth-order valence-electron chi connectivity index (χ4n) is 4.55. The summed E-state index contributed by atoms with van der Waals surface area (Å²) < 4.78 is 28.0. The van der Waals surface area contributed by atoms with Gasteiger partial charge in [-0.2, -0.15) is 11.8 Å². The number of rotatable bonds is 29. The van der Waals surface area contributed by atoms with Crippen LogP contribution in [-0.2, 0) is 23.6 Å². The van der Waals surface area contributed by atoms with E-state index in [1.807, 2.05) is 20.8 Å². The van der Waals surface area contributed by atoms with Gasteiger partial charge in [0, 0.05) is 11.9 Å². The van der Waals surface area contributed by atoms with Crippen LogP contribution in [0.15, 0.2) is 0 Å². The van der Waals surface area contributed by atoms with Crippen LogP contribution in [0.3, 0.4) is 0 Å². The fourth-order valence-corrected chi connectivity index (χ4v) is 6.19. The molecule has 0 aliphatic carbocycles. The minimum atomic E-state index is -2.47. The lowest BCUT2D eigenvalue weighted by atomic mass is 9.99. The van der Waals surface area contributed by atoms with Crippen LogP contribution in [0, 0.1) is 5.41 Å². The zero-order valence-corrected chi connectivity index (χ0v) is 29.3. The smallest absolute Gasteiger partial charge is 0.379 e. The van der Waals surface area contributed by atoms with Gasteiger partial charge in [-0.25, -0.2) is 4.79 Å². The van der Waals surface area contributed by atoms with Crippen LogP contribution in [0.1, 0.15) is 157 Å². The van der Waals surface area contributed by atoms with Gasteiger partial charge in [-0.1, -0.05) is 131 Å². The zero-order chi connectivity index (χ0) is 30.8. The van der Waals surface area contributed by atoms with Gasteiger partial charge >= 0.3 is 11.5 Å². The van der Waals surface area contributed by atoms with Crippen molar-refractivity contribution in [1.82, 2.24) is 0 Å². The van der Waals surface area contributed by atoms with Gasteiger partial charge < -0.3 is 19.3 Å². The van der Waals surface area contributed by atoms with Crippen LogP contribution >= 0.6 is 20.2 Å². The Labute approximate surface area is 259 Å². The summed E-state index contributed by atoms with van der Waals surface area (Å²) in [4.78, 5) is 12.2. The summed E-state index contributed by atoms with van der Waals surface area (Å²) in [5.41, 5.74) is -2.74. The summed E-state index contributed by atoms with van der Waals surface area (Å²) in [6, 6.07) is 0. The first-order valence-electron chi connectivity index (χ1n) is 16.7. The molecule has 41 heavy (non-hydrogen) atoms. The van der Waals surface area contributed by atoms with Gasteiger partial charge in [0.05, 0.1) is 19.3 Å². The number of ether oxygens (including phenoxy) is 3. The second-order valence-electron chi connectivity index (χ2n) is 12.8. The Morgan fingerprint density at radius 3 is 1.80 bits per heavy atom. The van der Waals surface area contributed by atoms with Crippen molar-refractivity contribution in [1.29, 1.82) is 0 Å². The molecule has 3 unspecified atom stereocenters. The van der Waals surface area contributed by atoms with Crippen molar-refractivity contribution in [3.63, 3.8) is 0 Å². The van der Waals surface area contributed by atoms with Crippen molar-refractivity contribution < 1.29 is 28.7 Å². The molecule has 0 bridgehead atoms. The Hall–Kier alpha value is -0.200. The first-order valence-corrected chi connectivity index (χ1v) is 18.6. The largest absolute Gasteiger partial charge is 0.461 e. The topological polar surface area (TPSA) is 82.1 Å². The second-order valence-corrected chi connectivity index (χ2v) is 14.9. The number of unbranched alkanes of at least 4 members (excludes halogenated alkanes) is 14. The molecule has 0 aliphatic rings. The number of esters is 1. The number of carbonyl (C=O) groups is 1. The van der Waals surface area contributed by atoms with Crippen LogP contribution in [0.25, 0.3) is 0 Å². The molecule has 0 rings (SSSR count). The molecule has 0 aromatic carbocycles. The summed E-state index contributed by atoms with van der Waals surface area (Å²) >= 11 is 2.06. The fraction of sp³-hybridized carbons (Fsp3) is 0.970. The molecule has 3 atom stereocenters. The van der Waals surface area contributed by atoms with E-state index in [0.717, 1.165) is 0 Å². The van der Waals surface area contributed by atoms with Crippen LogP contribution in [-0.4, -0.2) is 53.5 Å². The predicted molar refractivity (Wildman–Crippen MR) is 175 cm³/mol. The molecular weight excluding hydrogens is 555 g/mol. The third-order valence-corrected chi connectivity index (χ3v) is 9.32. The van der Waals surface area contributed by atoms with E-state index in [9.17, 15) is 14.5 Å². The van der Waals surface area contributed by atoms with Gasteiger partial charge in [-0.15, -0.1) is 0 Å². The molecule has 8 heteroatoms. The van der Waals surface area contributed by atoms with E-state index in [4.69, 9.17) is 14.2 Å². The Bertz CT molecular complexity index is 629. The molecule has 1 N–H and O–H groups in total. The molecule has 0 heterocycles. The zero-order valence-electron chi connectivity index (χ0n) is 27.6. The quantitative estimate of drug-likeness (QED) is 0.0386. The van der Waals surface area contributed by atoms with Crippen molar-refractivity contribution in [3.8, 4) is 0 Å². The molecule has 0 saturated carbocycles. The van der Waals surface area contributed by atoms with Crippen molar-refractivity contribution >= 4 is 26.2 Å². The van der Waals surface area contributed by atoms with Crippen molar-refractivity contribution in [3.05, 3.63) is 0 Å². The average Bonchev–Trinajstić information content (AvgIpc) is 2.94. The van der Waals surface area contributed by atoms with E-state index in [1.54, 1.807) is 0 Å². The normalized spacial score (nSPS) is 15.1. The Balaban J connectivity index is 4.41. The number of thioether (sulfide) groups is 1. The van der Waals surface area contributed by atoms with E-state index in [0.29, 0.717) is 18.3 Å². The maximum atomic E-state index is 12.2. The van der Waals surface area contributed by atoms with E-state index < -0.39 is 20.0 Å². The Kier molecular flexibility index (Phi) is 26.1. The predicted octanol–water partition coefficient (Wildman–Crippen LogP) is 10.1. The number of hydrogen-bond donors (Lipinski definition) is 1. The number of carbonyl (C=O) groups excluding carboxylic acids is 1. The van der Waals surface area contributed by atoms with Gasteiger partial charge in [0.1, 0.15) is 0 Å². The van der Waals surface area contributed by atoms with Crippen LogP contribution in [0.2, 0.25) is 0 Å². The molecule has 244 valence electrons. The maximum absolute atomic E-state index is 12.2. The van der Waals surface area contributed by atoms with Crippen LogP contribution in [0.4, 0.5) is 0 Å². The summed E-state index contributed by atoms with van der Waals surface area (Å²) in [6.45, 7) is 13.0. The molecule has 0 fully saturated rings. The van der Waals surface area contributed by atoms with E-state index in [1.165, 1.54) is 115 Å². The second kappa shape index (κ2) is 26.2. The van der Waals surface area contributed by atoms with Crippen molar-refractivity contribution in [2.24, 2.45) is 5.41 Å². The molecule has 0 saturated heterocycles. The third-order valence-electron chi connectivity index (χ3n) is 7.19. The summed E-state index contributed by atoms with van der Waals surface area (Å²) in [5.74, 6) is 0.154.